The highest BCUT2D eigenvalue weighted by molar-refractivity contribution is 7.17. The molecule has 0 saturated heterocycles. The van der Waals surface area contributed by atoms with Gasteiger partial charge < -0.3 is 4.42 Å². The second-order valence-electron chi connectivity index (χ2n) is 6.09. The van der Waals surface area contributed by atoms with Gasteiger partial charge in [0.2, 0.25) is 11.7 Å². The zero-order chi connectivity index (χ0) is 19.4. The molecule has 0 aliphatic carbocycles. The van der Waals surface area contributed by atoms with E-state index in [-0.39, 0.29) is 18.0 Å². The van der Waals surface area contributed by atoms with E-state index in [0.29, 0.717) is 27.4 Å². The van der Waals surface area contributed by atoms with Crippen molar-refractivity contribution in [1.82, 2.24) is 28.9 Å². The van der Waals surface area contributed by atoms with E-state index in [0.717, 1.165) is 4.68 Å². The summed E-state index contributed by atoms with van der Waals surface area (Å²) in [6.45, 7) is -0.00611. The number of aromatic nitrogens is 6. The second kappa shape index (κ2) is 5.96. The predicted molar refractivity (Wildman–Crippen MR) is 98.9 cm³/mol. The molecule has 11 heteroatoms. The Labute approximate surface area is 158 Å². The first kappa shape index (κ1) is 16.6. The monoisotopic (exact) mass is 398 g/mol. The minimum Gasteiger partial charge on any atom is -0.388 e. The summed E-state index contributed by atoms with van der Waals surface area (Å²) >= 11 is 1.32. The topological polar surface area (TPSA) is 100 Å². The summed E-state index contributed by atoms with van der Waals surface area (Å²) in [4.78, 5) is 24.6. The number of hydrogen-bond donors (Lipinski definition) is 0. The maximum absolute atomic E-state index is 13.1. The molecule has 0 spiro atoms. The first-order valence-electron chi connectivity index (χ1n) is 8.17. The quantitative estimate of drug-likeness (QED) is 0.458. The van der Waals surface area contributed by atoms with Crippen molar-refractivity contribution in [2.24, 2.45) is 7.05 Å². The van der Waals surface area contributed by atoms with Crippen LogP contribution in [0.2, 0.25) is 0 Å². The molecule has 5 rings (SSSR count). The minimum absolute atomic E-state index is 0.00611. The fourth-order valence-corrected chi connectivity index (χ4v) is 3.86. The van der Waals surface area contributed by atoms with E-state index >= 15 is 0 Å². The molecule has 0 aliphatic rings. The Hall–Kier alpha value is -3.60. The largest absolute Gasteiger partial charge is 0.437 e. The van der Waals surface area contributed by atoms with E-state index < -0.39 is 11.6 Å². The molecule has 1 aromatic carbocycles. The van der Waals surface area contributed by atoms with Crippen LogP contribution in [0, 0.1) is 5.82 Å². The number of benzene rings is 1. The van der Waals surface area contributed by atoms with E-state index in [1.807, 2.05) is 5.38 Å². The fourth-order valence-electron chi connectivity index (χ4n) is 3.00. The lowest BCUT2D eigenvalue weighted by molar-refractivity contribution is 0.490. The fraction of sp³-hybridized carbons (Fsp3) is 0.118. The van der Waals surface area contributed by atoms with Gasteiger partial charge in [0.1, 0.15) is 17.1 Å². The van der Waals surface area contributed by atoms with Crippen LogP contribution in [0.15, 0.2) is 49.7 Å². The van der Waals surface area contributed by atoms with Gasteiger partial charge in [-0.05, 0) is 35.7 Å². The van der Waals surface area contributed by atoms with E-state index in [1.54, 1.807) is 17.5 Å². The summed E-state index contributed by atoms with van der Waals surface area (Å²) < 4.78 is 23.1. The van der Waals surface area contributed by atoms with Crippen LogP contribution in [-0.4, -0.2) is 28.9 Å². The van der Waals surface area contributed by atoms with Crippen molar-refractivity contribution in [2.45, 2.75) is 6.54 Å². The lowest BCUT2D eigenvalue weighted by atomic mass is 10.2. The molecule has 9 nitrogen and oxygen atoms in total. The number of hydrogen-bond acceptors (Lipinski definition) is 7. The Bertz CT molecular complexity index is 1460. The predicted octanol–water partition coefficient (Wildman–Crippen LogP) is 1.65. The van der Waals surface area contributed by atoms with Crippen LogP contribution in [0.25, 0.3) is 27.4 Å². The molecule has 0 atom stereocenters. The van der Waals surface area contributed by atoms with Crippen molar-refractivity contribution in [3.05, 3.63) is 68.3 Å². The van der Waals surface area contributed by atoms with Crippen molar-refractivity contribution >= 4 is 27.3 Å². The average Bonchev–Trinajstić information content (AvgIpc) is 3.40. The number of aryl methyl sites for hydroxylation is 1. The van der Waals surface area contributed by atoms with Crippen molar-refractivity contribution in [3.63, 3.8) is 0 Å². The molecule has 0 N–H and O–H groups in total. The normalized spacial score (nSPS) is 11.6. The Morgan fingerprint density at radius 1 is 1.14 bits per heavy atom. The van der Waals surface area contributed by atoms with Gasteiger partial charge in [-0.25, -0.2) is 9.18 Å². The molecule has 4 aromatic heterocycles. The Kier molecular flexibility index (Phi) is 3.52. The summed E-state index contributed by atoms with van der Waals surface area (Å²) in [5.74, 6) is -0.212. The smallest absolute Gasteiger partial charge is 0.388 e. The number of thiophene rings is 1. The van der Waals surface area contributed by atoms with Crippen molar-refractivity contribution < 1.29 is 8.81 Å². The zero-order valence-electron chi connectivity index (χ0n) is 14.4. The highest BCUT2D eigenvalue weighted by Crippen LogP contribution is 2.20. The van der Waals surface area contributed by atoms with Crippen LogP contribution in [0.1, 0.15) is 5.82 Å². The summed E-state index contributed by atoms with van der Waals surface area (Å²) in [5.41, 5.74) is 0.984. The molecule has 4 heterocycles. The van der Waals surface area contributed by atoms with Crippen LogP contribution >= 0.6 is 11.3 Å². The molecular formula is C17H11FN6O3S. The van der Waals surface area contributed by atoms with Crippen LogP contribution in [-0.2, 0) is 13.6 Å². The van der Waals surface area contributed by atoms with Crippen LogP contribution in [0.3, 0.4) is 0 Å². The van der Waals surface area contributed by atoms with E-state index in [2.05, 4.69) is 15.3 Å². The number of halogens is 1. The molecule has 5 aromatic rings. The van der Waals surface area contributed by atoms with Gasteiger partial charge in [-0.1, -0.05) is 0 Å². The molecular weight excluding hydrogens is 387 g/mol. The lowest BCUT2D eigenvalue weighted by Crippen LogP contribution is -2.21. The highest BCUT2D eigenvalue weighted by atomic mass is 32.1. The number of nitrogens with zero attached hydrogens (tertiary/aromatic N) is 6. The third-order valence-electron chi connectivity index (χ3n) is 4.39. The van der Waals surface area contributed by atoms with Gasteiger partial charge in [-0.2, -0.15) is 4.68 Å². The molecule has 0 fully saturated rings. The summed E-state index contributed by atoms with van der Waals surface area (Å²) in [6, 6.07) is 7.27. The minimum atomic E-state index is -0.678. The van der Waals surface area contributed by atoms with E-state index in [4.69, 9.17) is 4.42 Å². The van der Waals surface area contributed by atoms with Gasteiger partial charge in [0.15, 0.2) is 5.82 Å². The molecule has 0 saturated carbocycles. The Balaban J connectivity index is 1.63. The van der Waals surface area contributed by atoms with Gasteiger partial charge in [0.05, 0.1) is 5.52 Å². The van der Waals surface area contributed by atoms with Crippen LogP contribution < -0.4 is 11.3 Å². The molecule has 0 aliphatic heterocycles. The van der Waals surface area contributed by atoms with Gasteiger partial charge in [0, 0.05) is 12.6 Å². The molecule has 0 unspecified atom stereocenters. The second-order valence-corrected chi connectivity index (χ2v) is 7.00. The third-order valence-corrected chi connectivity index (χ3v) is 5.28. The maximum atomic E-state index is 13.1. The standard InChI is InChI=1S/C17H11FN6O3S/c1-22-15(25)13-11(6-7-28-13)24-12(19-20-16(22)24)8-23-17(26)27-14(21-23)9-2-4-10(18)5-3-9/h2-7H,8H2,1H3. The molecule has 0 radical (unpaired) electrons. The molecule has 140 valence electrons. The summed E-state index contributed by atoms with van der Waals surface area (Å²) in [6.07, 6.45) is 0. The Morgan fingerprint density at radius 3 is 2.71 bits per heavy atom. The zero-order valence-corrected chi connectivity index (χ0v) is 15.2. The van der Waals surface area contributed by atoms with Gasteiger partial charge in [-0.15, -0.1) is 26.6 Å². The average molecular weight is 398 g/mol. The molecule has 0 bridgehead atoms. The molecule has 0 amide bonds. The summed E-state index contributed by atoms with van der Waals surface area (Å²) in [7, 11) is 1.62. The third kappa shape index (κ3) is 2.40. The Morgan fingerprint density at radius 2 is 1.93 bits per heavy atom. The lowest BCUT2D eigenvalue weighted by Gasteiger charge is -2.04. The SMILES string of the molecule is Cn1c(=O)c2sccc2n2c(Cn3nc(-c4ccc(F)cc4)oc3=O)nnc12. The van der Waals surface area contributed by atoms with Crippen LogP contribution in [0.4, 0.5) is 4.39 Å². The highest BCUT2D eigenvalue weighted by Gasteiger charge is 2.18. The van der Waals surface area contributed by atoms with Crippen molar-refractivity contribution in [3.8, 4) is 11.5 Å². The van der Waals surface area contributed by atoms with Gasteiger partial charge >= 0.3 is 5.76 Å². The van der Waals surface area contributed by atoms with E-state index in [9.17, 15) is 14.0 Å². The molecule has 28 heavy (non-hydrogen) atoms. The maximum Gasteiger partial charge on any atom is 0.437 e. The summed E-state index contributed by atoms with van der Waals surface area (Å²) in [5, 5.41) is 14.2. The van der Waals surface area contributed by atoms with Crippen LogP contribution in [0.5, 0.6) is 0 Å². The number of rotatable bonds is 3. The van der Waals surface area contributed by atoms with Gasteiger partial charge in [0.25, 0.3) is 5.56 Å². The first-order valence-corrected chi connectivity index (χ1v) is 9.05. The first-order chi connectivity index (χ1) is 13.5. The van der Waals surface area contributed by atoms with E-state index in [1.165, 1.54) is 40.2 Å². The van der Waals surface area contributed by atoms with Crippen molar-refractivity contribution in [2.75, 3.05) is 0 Å². The number of fused-ring (bicyclic) bond motifs is 3. The van der Waals surface area contributed by atoms with Gasteiger partial charge in [-0.3, -0.25) is 13.8 Å². The van der Waals surface area contributed by atoms with Crippen molar-refractivity contribution in [1.29, 1.82) is 0 Å².